The molecule has 2 heterocycles. The van der Waals surface area contributed by atoms with Gasteiger partial charge in [0.15, 0.2) is 11.6 Å². The Labute approximate surface area is 162 Å². The van der Waals surface area contributed by atoms with Gasteiger partial charge in [-0.3, -0.25) is 4.98 Å². The van der Waals surface area contributed by atoms with E-state index in [2.05, 4.69) is 25.6 Å². The van der Waals surface area contributed by atoms with Crippen LogP contribution in [-0.2, 0) is 6.54 Å². The van der Waals surface area contributed by atoms with Gasteiger partial charge in [0.2, 0.25) is 5.95 Å². The summed E-state index contributed by atoms with van der Waals surface area (Å²) in [7, 11) is 0. The molecule has 0 unspecified atom stereocenters. The lowest BCUT2D eigenvalue weighted by atomic mass is 10.2. The average Bonchev–Trinajstić information content (AvgIpc) is 3.22. The van der Waals surface area contributed by atoms with Gasteiger partial charge in [-0.25, -0.2) is 13.8 Å². The van der Waals surface area contributed by atoms with E-state index in [0.29, 0.717) is 35.6 Å². The van der Waals surface area contributed by atoms with E-state index < -0.39 is 11.6 Å². The van der Waals surface area contributed by atoms with Gasteiger partial charge in [-0.15, -0.1) is 0 Å². The molecule has 3 aromatic rings. The van der Waals surface area contributed by atoms with E-state index in [1.54, 1.807) is 12.3 Å². The minimum absolute atomic E-state index is 0.318. The summed E-state index contributed by atoms with van der Waals surface area (Å²) < 4.78 is 26.6. The Morgan fingerprint density at radius 3 is 2.54 bits per heavy atom. The van der Waals surface area contributed by atoms with E-state index in [1.165, 1.54) is 18.9 Å². The second-order valence-corrected chi connectivity index (χ2v) is 6.90. The summed E-state index contributed by atoms with van der Waals surface area (Å²) in [6.07, 6.45) is 6.34. The molecule has 7 heteroatoms. The molecule has 0 saturated heterocycles. The fourth-order valence-corrected chi connectivity index (χ4v) is 3.34. The first kappa shape index (κ1) is 18.3. The van der Waals surface area contributed by atoms with Crippen LogP contribution >= 0.6 is 0 Å². The third kappa shape index (κ3) is 4.42. The van der Waals surface area contributed by atoms with E-state index in [-0.39, 0.29) is 0 Å². The Morgan fingerprint density at radius 1 is 0.929 bits per heavy atom. The number of rotatable bonds is 6. The van der Waals surface area contributed by atoms with Crippen LogP contribution in [0.1, 0.15) is 31.2 Å². The number of hydrogen-bond acceptors (Lipinski definition) is 5. The molecule has 1 saturated carbocycles. The Morgan fingerprint density at radius 2 is 1.79 bits per heavy atom. The lowest BCUT2D eigenvalue weighted by Crippen LogP contribution is -2.17. The minimum Gasteiger partial charge on any atom is -0.366 e. The van der Waals surface area contributed by atoms with E-state index >= 15 is 0 Å². The van der Waals surface area contributed by atoms with Crippen LogP contribution < -0.4 is 10.6 Å². The molecule has 28 heavy (non-hydrogen) atoms. The first-order valence-electron chi connectivity index (χ1n) is 9.42. The Bertz CT molecular complexity index is 943. The smallest absolute Gasteiger partial charge is 0.225 e. The van der Waals surface area contributed by atoms with Crippen molar-refractivity contribution in [2.75, 3.05) is 10.6 Å². The maximum atomic E-state index is 13.4. The lowest BCUT2D eigenvalue weighted by molar-refractivity contribution is 0.507. The molecule has 0 amide bonds. The van der Waals surface area contributed by atoms with E-state index in [0.717, 1.165) is 24.6 Å². The highest BCUT2D eigenvalue weighted by molar-refractivity contribution is 5.61. The van der Waals surface area contributed by atoms with Gasteiger partial charge in [-0.1, -0.05) is 25.0 Å². The number of benzene rings is 1. The van der Waals surface area contributed by atoms with Gasteiger partial charge >= 0.3 is 0 Å². The molecular weight excluding hydrogens is 360 g/mol. The predicted octanol–water partition coefficient (Wildman–Crippen LogP) is 4.78. The molecule has 1 aliphatic carbocycles. The number of anilines is 2. The Balaban J connectivity index is 1.58. The van der Waals surface area contributed by atoms with Crippen LogP contribution in [-0.4, -0.2) is 21.0 Å². The number of halogens is 2. The van der Waals surface area contributed by atoms with Crippen molar-refractivity contribution in [2.45, 2.75) is 38.3 Å². The largest absolute Gasteiger partial charge is 0.366 e. The fraction of sp³-hybridized carbons (Fsp3) is 0.286. The molecule has 1 aliphatic rings. The zero-order valence-electron chi connectivity index (χ0n) is 15.3. The molecule has 2 N–H and O–H groups in total. The topological polar surface area (TPSA) is 62.7 Å². The van der Waals surface area contributed by atoms with Crippen LogP contribution in [0.25, 0.3) is 11.4 Å². The van der Waals surface area contributed by atoms with Crippen molar-refractivity contribution < 1.29 is 8.78 Å². The summed E-state index contributed by atoms with van der Waals surface area (Å²) in [6, 6.07) is 11.7. The van der Waals surface area contributed by atoms with Crippen molar-refractivity contribution in [1.29, 1.82) is 0 Å². The highest BCUT2D eigenvalue weighted by Crippen LogP contribution is 2.24. The van der Waals surface area contributed by atoms with Gasteiger partial charge in [0, 0.05) is 24.8 Å². The van der Waals surface area contributed by atoms with Crippen LogP contribution in [0.15, 0.2) is 48.7 Å². The molecule has 2 aromatic heterocycles. The summed E-state index contributed by atoms with van der Waals surface area (Å²) in [6.45, 7) is 0.318. The molecule has 1 fully saturated rings. The van der Waals surface area contributed by atoms with Gasteiger partial charge in [-0.05, 0) is 42.7 Å². The molecule has 0 aliphatic heterocycles. The normalized spacial score (nSPS) is 14.2. The first-order valence-corrected chi connectivity index (χ1v) is 9.42. The van der Waals surface area contributed by atoms with Crippen molar-refractivity contribution in [2.24, 2.45) is 0 Å². The second kappa shape index (κ2) is 8.29. The molecule has 0 radical (unpaired) electrons. The maximum Gasteiger partial charge on any atom is 0.225 e. The summed E-state index contributed by atoms with van der Waals surface area (Å²) in [5, 5.41) is 6.58. The highest BCUT2D eigenvalue weighted by atomic mass is 19.2. The predicted molar refractivity (Wildman–Crippen MR) is 105 cm³/mol. The third-order valence-corrected chi connectivity index (χ3v) is 4.80. The molecule has 1 aromatic carbocycles. The molecule has 144 valence electrons. The Hall–Kier alpha value is -3.09. The van der Waals surface area contributed by atoms with E-state index in [1.807, 2.05) is 24.3 Å². The lowest BCUT2D eigenvalue weighted by Gasteiger charge is -2.15. The molecule has 0 spiro atoms. The van der Waals surface area contributed by atoms with Crippen LogP contribution in [0, 0.1) is 11.6 Å². The van der Waals surface area contributed by atoms with Crippen LogP contribution in [0.3, 0.4) is 0 Å². The maximum absolute atomic E-state index is 13.4. The fourth-order valence-electron chi connectivity index (χ4n) is 3.34. The van der Waals surface area contributed by atoms with Crippen molar-refractivity contribution in [3.63, 3.8) is 0 Å². The zero-order chi connectivity index (χ0) is 19.3. The summed E-state index contributed by atoms with van der Waals surface area (Å²) in [4.78, 5) is 13.5. The summed E-state index contributed by atoms with van der Waals surface area (Å²) in [5.41, 5.74) is 2.07. The van der Waals surface area contributed by atoms with Crippen LogP contribution in [0.5, 0.6) is 0 Å². The quantitative estimate of drug-likeness (QED) is 0.643. The van der Waals surface area contributed by atoms with Crippen molar-refractivity contribution in [1.82, 2.24) is 15.0 Å². The molecule has 4 rings (SSSR count). The minimum atomic E-state index is -0.861. The number of nitrogens with one attached hydrogen (secondary N) is 2. The van der Waals surface area contributed by atoms with Gasteiger partial charge < -0.3 is 10.6 Å². The van der Waals surface area contributed by atoms with Crippen molar-refractivity contribution >= 4 is 11.8 Å². The Kier molecular flexibility index (Phi) is 5.41. The van der Waals surface area contributed by atoms with Gasteiger partial charge in [0.05, 0.1) is 11.4 Å². The monoisotopic (exact) mass is 381 g/mol. The summed E-state index contributed by atoms with van der Waals surface area (Å²) in [5.74, 6) is -0.574. The number of nitrogens with zero attached hydrogens (tertiary/aromatic N) is 3. The zero-order valence-corrected chi connectivity index (χ0v) is 15.3. The van der Waals surface area contributed by atoms with E-state index in [9.17, 15) is 8.78 Å². The highest BCUT2D eigenvalue weighted by Gasteiger charge is 2.17. The second-order valence-electron chi connectivity index (χ2n) is 6.90. The first-order chi connectivity index (χ1) is 13.7. The third-order valence-electron chi connectivity index (χ3n) is 4.80. The summed E-state index contributed by atoms with van der Waals surface area (Å²) >= 11 is 0. The molecular formula is C21H21F2N5. The molecule has 5 nitrogen and oxygen atoms in total. The van der Waals surface area contributed by atoms with Gasteiger partial charge in [0.25, 0.3) is 0 Å². The van der Waals surface area contributed by atoms with Crippen molar-refractivity contribution in [3.05, 3.63) is 65.9 Å². The number of hydrogen-bond donors (Lipinski definition) is 2. The molecule has 0 atom stereocenters. The molecule has 0 bridgehead atoms. The standard InChI is InChI=1S/C21H21F2N5/c22-16-9-8-14(11-17(16)23)13-25-20-12-19(18-7-3-4-10-24-18)27-21(28-20)26-15-5-1-2-6-15/h3-4,7-12,15H,1-2,5-6,13H2,(H2,25,26,27,28). The number of aromatic nitrogens is 3. The van der Waals surface area contributed by atoms with Crippen LogP contribution in [0.2, 0.25) is 0 Å². The van der Waals surface area contributed by atoms with Crippen LogP contribution in [0.4, 0.5) is 20.5 Å². The van der Waals surface area contributed by atoms with E-state index in [4.69, 9.17) is 0 Å². The van der Waals surface area contributed by atoms with Crippen molar-refractivity contribution in [3.8, 4) is 11.4 Å². The van der Waals surface area contributed by atoms with Gasteiger partial charge in [0.1, 0.15) is 5.82 Å². The SMILES string of the molecule is Fc1ccc(CNc2cc(-c3ccccn3)nc(NC3CCCC3)n2)cc1F. The van der Waals surface area contributed by atoms with Gasteiger partial charge in [-0.2, -0.15) is 4.98 Å². The number of pyridine rings is 1. The average molecular weight is 381 g/mol.